The molecule has 0 fully saturated rings. The Kier molecular flexibility index (Phi) is 4.22. The summed E-state index contributed by atoms with van der Waals surface area (Å²) >= 11 is 6.13. The number of amides is 1. The highest BCUT2D eigenvalue weighted by molar-refractivity contribution is 6.31. The molecule has 1 aliphatic rings. The Bertz CT molecular complexity index is 451. The number of nitrogens with zero attached hydrogens (tertiary/aromatic N) is 1. The van der Waals surface area contributed by atoms with Gasteiger partial charge in [-0.15, -0.1) is 0 Å². The monoisotopic (exact) mass is 268 g/mol. The van der Waals surface area contributed by atoms with Gasteiger partial charge in [0.25, 0.3) is 0 Å². The fourth-order valence-corrected chi connectivity index (χ4v) is 2.52. The van der Waals surface area contributed by atoms with Crippen LogP contribution in [-0.2, 0) is 22.5 Å². The molecule has 2 N–H and O–H groups in total. The molecule has 5 heteroatoms. The smallest absolute Gasteiger partial charge is 0.242 e. The van der Waals surface area contributed by atoms with Gasteiger partial charge in [0.05, 0.1) is 6.61 Å². The molecule has 0 bridgehead atoms. The predicted octanol–water partition coefficient (Wildman–Crippen LogP) is 1.20. The quantitative estimate of drug-likeness (QED) is 0.896. The molecule has 1 unspecified atom stereocenters. The summed E-state index contributed by atoms with van der Waals surface area (Å²) in [6, 6.07) is 5.21. The second-order valence-corrected chi connectivity index (χ2v) is 4.86. The van der Waals surface area contributed by atoms with E-state index in [1.54, 1.807) is 12.0 Å². The van der Waals surface area contributed by atoms with Gasteiger partial charge in [-0.05, 0) is 23.6 Å². The molecular formula is C13H17ClN2O2. The van der Waals surface area contributed by atoms with Crippen molar-refractivity contribution in [3.05, 3.63) is 34.3 Å². The van der Waals surface area contributed by atoms with E-state index in [1.165, 1.54) is 0 Å². The van der Waals surface area contributed by atoms with E-state index >= 15 is 0 Å². The highest BCUT2D eigenvalue weighted by Gasteiger charge is 2.25. The molecule has 1 heterocycles. The maximum atomic E-state index is 12.1. The van der Waals surface area contributed by atoms with Crippen LogP contribution >= 0.6 is 11.6 Å². The summed E-state index contributed by atoms with van der Waals surface area (Å²) in [5.74, 6) is -0.0672. The number of carbonyl (C=O) groups excluding carboxylic acids is 1. The fourth-order valence-electron chi connectivity index (χ4n) is 2.24. The largest absolute Gasteiger partial charge is 0.383 e. The van der Waals surface area contributed by atoms with Gasteiger partial charge in [0.2, 0.25) is 5.91 Å². The van der Waals surface area contributed by atoms with Crippen molar-refractivity contribution in [2.45, 2.75) is 19.0 Å². The summed E-state index contributed by atoms with van der Waals surface area (Å²) in [4.78, 5) is 13.8. The summed E-state index contributed by atoms with van der Waals surface area (Å²) in [6.07, 6.45) is 0.778. The van der Waals surface area contributed by atoms with Crippen LogP contribution in [0, 0.1) is 0 Å². The molecule has 0 saturated carbocycles. The maximum Gasteiger partial charge on any atom is 0.242 e. The Hall–Kier alpha value is -1.10. The molecule has 4 nitrogen and oxygen atoms in total. The van der Waals surface area contributed by atoms with Crippen LogP contribution in [0.1, 0.15) is 11.1 Å². The predicted molar refractivity (Wildman–Crippen MR) is 70.4 cm³/mol. The van der Waals surface area contributed by atoms with Crippen molar-refractivity contribution in [3.8, 4) is 0 Å². The Morgan fingerprint density at radius 3 is 3.11 bits per heavy atom. The number of rotatable bonds is 3. The van der Waals surface area contributed by atoms with Crippen LogP contribution in [0.4, 0.5) is 0 Å². The van der Waals surface area contributed by atoms with Crippen molar-refractivity contribution < 1.29 is 9.53 Å². The van der Waals surface area contributed by atoms with Gasteiger partial charge in [-0.2, -0.15) is 0 Å². The summed E-state index contributed by atoms with van der Waals surface area (Å²) in [5, 5.41) is 0.779. The zero-order valence-electron chi connectivity index (χ0n) is 10.4. The number of ether oxygens (including phenoxy) is 1. The van der Waals surface area contributed by atoms with Crippen LogP contribution < -0.4 is 5.73 Å². The molecule has 1 aromatic carbocycles. The van der Waals surface area contributed by atoms with Crippen LogP contribution in [0.15, 0.2) is 18.2 Å². The van der Waals surface area contributed by atoms with Crippen LogP contribution in [0.3, 0.4) is 0 Å². The highest BCUT2D eigenvalue weighted by atomic mass is 35.5. The Labute approximate surface area is 112 Å². The van der Waals surface area contributed by atoms with Crippen molar-refractivity contribution in [3.63, 3.8) is 0 Å². The summed E-state index contributed by atoms with van der Waals surface area (Å²) in [5.41, 5.74) is 8.01. The van der Waals surface area contributed by atoms with Gasteiger partial charge in [-0.25, -0.2) is 0 Å². The third-order valence-corrected chi connectivity index (χ3v) is 3.54. The number of halogens is 1. The van der Waals surface area contributed by atoms with Crippen molar-refractivity contribution >= 4 is 17.5 Å². The van der Waals surface area contributed by atoms with E-state index in [0.29, 0.717) is 13.1 Å². The number of fused-ring (bicyclic) bond motifs is 1. The first-order chi connectivity index (χ1) is 8.63. The molecule has 0 aliphatic carbocycles. The average Bonchev–Trinajstić information content (AvgIpc) is 2.38. The van der Waals surface area contributed by atoms with Gasteiger partial charge in [0.1, 0.15) is 6.04 Å². The van der Waals surface area contributed by atoms with E-state index in [2.05, 4.69) is 0 Å². The molecule has 18 heavy (non-hydrogen) atoms. The molecule has 0 aromatic heterocycles. The van der Waals surface area contributed by atoms with Crippen molar-refractivity contribution in [2.24, 2.45) is 5.73 Å². The summed E-state index contributed by atoms with van der Waals surface area (Å²) in [7, 11) is 1.54. The number of methoxy groups -OCH3 is 1. The normalized spacial score (nSPS) is 16.3. The lowest BCUT2D eigenvalue weighted by Gasteiger charge is -2.31. The molecular weight excluding hydrogens is 252 g/mol. The lowest BCUT2D eigenvalue weighted by Crippen LogP contribution is -2.47. The number of nitrogens with two attached hydrogens (primary N) is 1. The van der Waals surface area contributed by atoms with Gasteiger partial charge >= 0.3 is 0 Å². The lowest BCUT2D eigenvalue weighted by molar-refractivity contribution is -0.134. The molecule has 1 aromatic rings. The van der Waals surface area contributed by atoms with Crippen LogP contribution in [0.2, 0.25) is 5.02 Å². The van der Waals surface area contributed by atoms with E-state index in [9.17, 15) is 4.79 Å². The molecule has 1 amide bonds. The van der Waals surface area contributed by atoms with E-state index in [0.717, 1.165) is 22.6 Å². The van der Waals surface area contributed by atoms with E-state index in [-0.39, 0.29) is 12.5 Å². The first-order valence-corrected chi connectivity index (χ1v) is 6.31. The van der Waals surface area contributed by atoms with E-state index in [4.69, 9.17) is 22.1 Å². The van der Waals surface area contributed by atoms with Gasteiger partial charge in [0, 0.05) is 25.2 Å². The Morgan fingerprint density at radius 1 is 1.61 bits per heavy atom. The number of hydrogen-bond donors (Lipinski definition) is 1. The van der Waals surface area contributed by atoms with E-state index in [1.807, 2.05) is 18.2 Å². The number of hydrogen-bond acceptors (Lipinski definition) is 3. The van der Waals surface area contributed by atoms with Crippen molar-refractivity contribution in [1.82, 2.24) is 4.90 Å². The number of carbonyl (C=O) groups is 1. The molecule has 1 atom stereocenters. The first kappa shape index (κ1) is 13.3. The highest BCUT2D eigenvalue weighted by Crippen LogP contribution is 2.26. The van der Waals surface area contributed by atoms with Gasteiger partial charge in [0.15, 0.2) is 0 Å². The van der Waals surface area contributed by atoms with Crippen LogP contribution in [0.5, 0.6) is 0 Å². The van der Waals surface area contributed by atoms with Crippen LogP contribution in [-0.4, -0.2) is 37.1 Å². The standard InChI is InChI=1S/C13H17ClN2O2/c1-18-8-12(15)13(17)16-6-5-10-9(7-16)3-2-4-11(10)14/h2-4,12H,5-8,15H2,1H3. The minimum Gasteiger partial charge on any atom is -0.383 e. The second-order valence-electron chi connectivity index (χ2n) is 4.45. The van der Waals surface area contributed by atoms with Gasteiger partial charge < -0.3 is 15.4 Å². The molecule has 0 radical (unpaired) electrons. The van der Waals surface area contributed by atoms with Gasteiger partial charge in [-0.1, -0.05) is 23.7 Å². The summed E-state index contributed by atoms with van der Waals surface area (Å²) < 4.78 is 4.91. The second kappa shape index (κ2) is 5.69. The molecule has 98 valence electrons. The summed E-state index contributed by atoms with van der Waals surface area (Å²) in [6.45, 7) is 1.48. The third-order valence-electron chi connectivity index (χ3n) is 3.18. The zero-order valence-corrected chi connectivity index (χ0v) is 11.1. The molecule has 2 rings (SSSR count). The minimum absolute atomic E-state index is 0.0672. The number of benzene rings is 1. The Balaban J connectivity index is 2.10. The topological polar surface area (TPSA) is 55.6 Å². The zero-order chi connectivity index (χ0) is 13.1. The van der Waals surface area contributed by atoms with E-state index < -0.39 is 6.04 Å². The fraction of sp³-hybridized carbons (Fsp3) is 0.462. The van der Waals surface area contributed by atoms with Gasteiger partial charge in [-0.3, -0.25) is 4.79 Å². The van der Waals surface area contributed by atoms with Crippen molar-refractivity contribution in [1.29, 1.82) is 0 Å². The maximum absolute atomic E-state index is 12.1. The van der Waals surface area contributed by atoms with Crippen molar-refractivity contribution in [2.75, 3.05) is 20.3 Å². The minimum atomic E-state index is -0.587. The molecule has 0 spiro atoms. The Morgan fingerprint density at radius 2 is 2.39 bits per heavy atom. The van der Waals surface area contributed by atoms with Crippen LogP contribution in [0.25, 0.3) is 0 Å². The first-order valence-electron chi connectivity index (χ1n) is 5.93. The average molecular weight is 269 g/mol. The third kappa shape index (κ3) is 2.66. The SMILES string of the molecule is COCC(N)C(=O)N1CCc2c(Cl)cccc2C1. The lowest BCUT2D eigenvalue weighted by atomic mass is 9.99. The molecule has 1 aliphatic heterocycles. The molecule has 0 saturated heterocycles.